The van der Waals surface area contributed by atoms with Crippen LogP contribution in [0.1, 0.15) is 64.2 Å². The van der Waals surface area contributed by atoms with E-state index in [1.165, 1.54) is 44.6 Å². The highest BCUT2D eigenvalue weighted by Gasteiger charge is 2.20. The van der Waals surface area contributed by atoms with Crippen LogP contribution in [0.15, 0.2) is 23.8 Å². The second kappa shape index (κ2) is 11.5. The molecule has 0 aromatic heterocycles. The van der Waals surface area contributed by atoms with Gasteiger partial charge in [0.25, 0.3) is 0 Å². The van der Waals surface area contributed by atoms with Crippen LogP contribution in [0.5, 0.6) is 0 Å². The molecule has 0 fully saturated rings. The maximum Gasteiger partial charge on any atom is 0.333 e. The van der Waals surface area contributed by atoms with E-state index in [2.05, 4.69) is 4.74 Å². The number of allylic oxidation sites excluding steroid dienone is 1. The Balaban J connectivity index is 1.89. The van der Waals surface area contributed by atoms with Crippen molar-refractivity contribution in [2.24, 2.45) is 0 Å². The number of hydrogen-bond donors (Lipinski definition) is 2. The molecule has 4 nitrogen and oxygen atoms in total. The summed E-state index contributed by atoms with van der Waals surface area (Å²) in [6, 6.07) is 0. The largest absolute Gasteiger partial charge is 0.428 e. The molecular weight excluding hydrogens is 268 g/mol. The molecule has 0 radical (unpaired) electrons. The van der Waals surface area contributed by atoms with E-state index in [0.29, 0.717) is 12.2 Å². The second-order valence-electron chi connectivity index (χ2n) is 5.53. The standard InChI is InChI=1S/C17H28O4/c18-13-11-9-7-5-3-1-2-4-6-8-10-12-15-14-16(19)21-17(15)20/h10,12,14,17-18,20H,1-9,11,13H2. The average Bonchev–Trinajstić information content (AvgIpc) is 2.78. The van der Waals surface area contributed by atoms with Gasteiger partial charge in [0.1, 0.15) is 0 Å². The molecule has 1 aliphatic rings. The Bertz CT molecular complexity index is 347. The summed E-state index contributed by atoms with van der Waals surface area (Å²) in [5.74, 6) is -0.471. The first-order valence-corrected chi connectivity index (χ1v) is 8.11. The van der Waals surface area contributed by atoms with Crippen molar-refractivity contribution in [1.82, 2.24) is 0 Å². The molecule has 1 aliphatic heterocycles. The zero-order chi connectivity index (χ0) is 15.3. The lowest BCUT2D eigenvalue weighted by Crippen LogP contribution is -2.08. The van der Waals surface area contributed by atoms with Crippen molar-refractivity contribution in [3.63, 3.8) is 0 Å². The summed E-state index contributed by atoms with van der Waals surface area (Å²) in [6.07, 6.45) is 15.8. The van der Waals surface area contributed by atoms with Gasteiger partial charge in [0.15, 0.2) is 0 Å². The topological polar surface area (TPSA) is 66.8 Å². The normalized spacial score (nSPS) is 18.3. The Labute approximate surface area is 127 Å². The highest BCUT2D eigenvalue weighted by atomic mass is 16.6. The molecule has 2 N–H and O–H groups in total. The van der Waals surface area contributed by atoms with Gasteiger partial charge in [0, 0.05) is 18.3 Å². The minimum Gasteiger partial charge on any atom is -0.428 e. The minimum atomic E-state index is -1.08. The van der Waals surface area contributed by atoms with Gasteiger partial charge in [0.05, 0.1) is 0 Å². The van der Waals surface area contributed by atoms with Gasteiger partial charge in [-0.25, -0.2) is 4.79 Å². The monoisotopic (exact) mass is 296 g/mol. The molecule has 0 bridgehead atoms. The molecule has 120 valence electrons. The van der Waals surface area contributed by atoms with Gasteiger partial charge in [-0.1, -0.05) is 57.1 Å². The molecule has 1 atom stereocenters. The van der Waals surface area contributed by atoms with Crippen LogP contribution in [0.2, 0.25) is 0 Å². The molecule has 0 amide bonds. The van der Waals surface area contributed by atoms with E-state index in [-0.39, 0.29) is 0 Å². The van der Waals surface area contributed by atoms with Gasteiger partial charge in [0.2, 0.25) is 6.29 Å². The van der Waals surface area contributed by atoms with Gasteiger partial charge in [-0.05, 0) is 19.3 Å². The lowest BCUT2D eigenvalue weighted by Gasteiger charge is -2.02. The summed E-state index contributed by atoms with van der Waals surface area (Å²) in [5.41, 5.74) is 0.544. The first-order chi connectivity index (χ1) is 10.2. The van der Waals surface area contributed by atoms with Crippen LogP contribution in [0, 0.1) is 0 Å². The van der Waals surface area contributed by atoms with Crippen molar-refractivity contribution < 1.29 is 19.7 Å². The summed E-state index contributed by atoms with van der Waals surface area (Å²) in [6.45, 7) is 0.321. The summed E-state index contributed by atoms with van der Waals surface area (Å²) < 4.78 is 4.59. The van der Waals surface area contributed by atoms with E-state index in [1.807, 2.05) is 6.08 Å². The van der Waals surface area contributed by atoms with E-state index in [9.17, 15) is 9.90 Å². The summed E-state index contributed by atoms with van der Waals surface area (Å²) in [5, 5.41) is 18.0. The van der Waals surface area contributed by atoms with Crippen LogP contribution < -0.4 is 0 Å². The first-order valence-electron chi connectivity index (χ1n) is 8.11. The maximum atomic E-state index is 10.9. The highest BCUT2D eigenvalue weighted by molar-refractivity contribution is 5.86. The Kier molecular flexibility index (Phi) is 9.83. The molecule has 0 spiro atoms. The molecule has 4 heteroatoms. The molecule has 0 aromatic carbocycles. The van der Waals surface area contributed by atoms with Gasteiger partial charge in [-0.2, -0.15) is 0 Å². The Morgan fingerprint density at radius 2 is 1.57 bits per heavy atom. The van der Waals surface area contributed by atoms with Gasteiger partial charge in [-0.15, -0.1) is 0 Å². The highest BCUT2D eigenvalue weighted by Crippen LogP contribution is 2.15. The number of carbonyl (C=O) groups is 1. The number of carbonyl (C=O) groups excluding carboxylic acids is 1. The fourth-order valence-corrected chi connectivity index (χ4v) is 2.38. The Morgan fingerprint density at radius 3 is 2.10 bits per heavy atom. The van der Waals surface area contributed by atoms with Gasteiger partial charge >= 0.3 is 5.97 Å². The number of ether oxygens (including phenoxy) is 1. The third kappa shape index (κ3) is 8.68. The van der Waals surface area contributed by atoms with E-state index in [4.69, 9.17) is 5.11 Å². The third-order valence-corrected chi connectivity index (χ3v) is 3.64. The predicted octanol–water partition coefficient (Wildman–Crippen LogP) is 3.24. The first kappa shape index (κ1) is 17.9. The zero-order valence-corrected chi connectivity index (χ0v) is 12.8. The number of rotatable bonds is 12. The van der Waals surface area contributed by atoms with Crippen LogP contribution in [0.3, 0.4) is 0 Å². The number of hydrogen-bond acceptors (Lipinski definition) is 4. The summed E-state index contributed by atoms with van der Waals surface area (Å²) in [7, 11) is 0. The molecule has 0 aliphatic carbocycles. The van der Waals surface area contributed by atoms with Crippen molar-refractivity contribution in [3.8, 4) is 0 Å². The summed E-state index contributed by atoms with van der Waals surface area (Å²) >= 11 is 0. The second-order valence-corrected chi connectivity index (χ2v) is 5.53. The van der Waals surface area contributed by atoms with E-state index in [1.54, 1.807) is 6.08 Å². The third-order valence-electron chi connectivity index (χ3n) is 3.64. The zero-order valence-electron chi connectivity index (χ0n) is 12.8. The van der Waals surface area contributed by atoms with Crippen molar-refractivity contribution in [1.29, 1.82) is 0 Å². The fraction of sp³-hybridized carbons (Fsp3) is 0.706. The van der Waals surface area contributed by atoms with E-state index in [0.717, 1.165) is 25.7 Å². The molecule has 1 unspecified atom stereocenters. The molecule has 21 heavy (non-hydrogen) atoms. The number of aliphatic hydroxyl groups excluding tert-OH is 2. The molecule has 1 rings (SSSR count). The molecule has 1 heterocycles. The van der Waals surface area contributed by atoms with Gasteiger partial charge < -0.3 is 14.9 Å². The van der Waals surface area contributed by atoms with Crippen molar-refractivity contribution in [2.45, 2.75) is 70.5 Å². The van der Waals surface area contributed by atoms with Crippen molar-refractivity contribution in [3.05, 3.63) is 23.8 Å². The lowest BCUT2D eigenvalue weighted by molar-refractivity contribution is -0.150. The molecule has 0 saturated heterocycles. The lowest BCUT2D eigenvalue weighted by atomic mass is 10.1. The van der Waals surface area contributed by atoms with Crippen LogP contribution in [-0.2, 0) is 9.53 Å². The SMILES string of the molecule is O=C1C=C(C=CCCCCCCCCCCCO)C(O)O1. The van der Waals surface area contributed by atoms with Crippen LogP contribution >= 0.6 is 0 Å². The number of esters is 1. The van der Waals surface area contributed by atoms with Crippen molar-refractivity contribution in [2.75, 3.05) is 6.61 Å². The van der Waals surface area contributed by atoms with Crippen LogP contribution in [0.4, 0.5) is 0 Å². The van der Waals surface area contributed by atoms with Crippen LogP contribution in [0.25, 0.3) is 0 Å². The van der Waals surface area contributed by atoms with Crippen LogP contribution in [-0.4, -0.2) is 29.1 Å². The maximum absolute atomic E-state index is 10.9. The fourth-order valence-electron chi connectivity index (χ4n) is 2.38. The number of aliphatic hydroxyl groups is 2. The summed E-state index contributed by atoms with van der Waals surface area (Å²) in [4.78, 5) is 10.9. The number of unbranched alkanes of at least 4 members (excludes halogenated alkanes) is 9. The molecule has 0 saturated carbocycles. The smallest absolute Gasteiger partial charge is 0.333 e. The quantitative estimate of drug-likeness (QED) is 0.428. The van der Waals surface area contributed by atoms with Gasteiger partial charge in [-0.3, -0.25) is 0 Å². The minimum absolute atomic E-state index is 0.321. The van der Waals surface area contributed by atoms with E-state index >= 15 is 0 Å². The Hall–Kier alpha value is -1.13. The van der Waals surface area contributed by atoms with E-state index < -0.39 is 12.3 Å². The van der Waals surface area contributed by atoms with Crippen molar-refractivity contribution >= 4 is 5.97 Å². The Morgan fingerprint density at radius 1 is 1.00 bits per heavy atom. The molecular formula is C17H28O4. The average molecular weight is 296 g/mol. The predicted molar refractivity (Wildman–Crippen MR) is 82.6 cm³/mol. The molecule has 0 aromatic rings. The number of cyclic esters (lactones) is 1.